The molecule has 0 aliphatic heterocycles. The summed E-state index contributed by atoms with van der Waals surface area (Å²) < 4.78 is 41.9. The van der Waals surface area contributed by atoms with Crippen LogP contribution in [0, 0.1) is 0 Å². The van der Waals surface area contributed by atoms with Crippen molar-refractivity contribution < 1.29 is 22.8 Å². The van der Waals surface area contributed by atoms with Gasteiger partial charge in [0.15, 0.2) is 0 Å². The number of anilines is 2. The molecule has 3 aromatic rings. The molecule has 1 aromatic heterocycles. The van der Waals surface area contributed by atoms with Crippen LogP contribution in [0.5, 0.6) is 0 Å². The van der Waals surface area contributed by atoms with Gasteiger partial charge in [-0.25, -0.2) is 4.79 Å². The molecule has 1 heterocycles. The lowest BCUT2D eigenvalue weighted by Gasteiger charge is -2.24. The third-order valence-corrected chi connectivity index (χ3v) is 5.86. The summed E-state index contributed by atoms with van der Waals surface area (Å²) in [5, 5.41) is 0. The lowest BCUT2D eigenvalue weighted by atomic mass is 10.2. The monoisotopic (exact) mass is 491 g/mol. The predicted molar refractivity (Wildman–Crippen MR) is 128 cm³/mol. The minimum Gasteiger partial charge on any atom is -0.372 e. The minimum absolute atomic E-state index is 0.0742. The first-order valence-corrected chi connectivity index (χ1v) is 11.3. The van der Waals surface area contributed by atoms with Gasteiger partial charge < -0.3 is 15.5 Å². The minimum atomic E-state index is -4.57. The molecule has 8 nitrogen and oxygen atoms in total. The highest BCUT2D eigenvalue weighted by Crippen LogP contribution is 2.31. The van der Waals surface area contributed by atoms with Crippen LogP contribution in [-0.4, -0.2) is 40.6 Å². The van der Waals surface area contributed by atoms with Gasteiger partial charge in [0.1, 0.15) is 13.1 Å². The lowest BCUT2D eigenvalue weighted by Crippen LogP contribution is -2.41. The average Bonchev–Trinajstić information content (AvgIpc) is 3.08. The molecule has 0 unspecified atom stereocenters. The Labute approximate surface area is 200 Å². The number of hydrogen-bond acceptors (Lipinski definition) is 4. The molecule has 0 saturated carbocycles. The third kappa shape index (κ3) is 5.33. The quantitative estimate of drug-likeness (QED) is 0.498. The standard InChI is InChI=1S/C24H28F3N5O3/c1-4-29(5-2)17-8-10-18(11-9-17)31(14-21(28)33)22(34)15-32-19-12-7-16(24(25,26)27)13-20(19)30(6-3)23(32)35/h7-13H,4-6,14-15H2,1-3H3,(H2,28,33). The zero-order valence-electron chi connectivity index (χ0n) is 19.8. The van der Waals surface area contributed by atoms with Crippen LogP contribution in [0.4, 0.5) is 24.5 Å². The fraction of sp³-hybridized carbons (Fsp3) is 0.375. The van der Waals surface area contributed by atoms with Crippen LogP contribution in [0.1, 0.15) is 26.3 Å². The molecule has 0 atom stereocenters. The molecule has 0 saturated heterocycles. The summed E-state index contributed by atoms with van der Waals surface area (Å²) >= 11 is 0. The molecule has 0 spiro atoms. The van der Waals surface area contributed by atoms with Crippen LogP contribution in [-0.2, 0) is 28.9 Å². The summed E-state index contributed by atoms with van der Waals surface area (Å²) in [5.74, 6) is -1.35. The van der Waals surface area contributed by atoms with E-state index in [4.69, 9.17) is 5.73 Å². The molecule has 2 N–H and O–H groups in total. The zero-order valence-corrected chi connectivity index (χ0v) is 19.8. The van der Waals surface area contributed by atoms with Crippen molar-refractivity contribution in [1.29, 1.82) is 0 Å². The Balaban J connectivity index is 2.00. The molecule has 188 valence electrons. The molecule has 0 fully saturated rings. The molecule has 0 aliphatic rings. The molecule has 11 heteroatoms. The molecule has 0 aliphatic carbocycles. The molecular weight excluding hydrogens is 463 g/mol. The van der Waals surface area contributed by atoms with Crippen molar-refractivity contribution in [2.45, 2.75) is 40.0 Å². The van der Waals surface area contributed by atoms with Crippen LogP contribution in [0.2, 0.25) is 0 Å². The van der Waals surface area contributed by atoms with Gasteiger partial charge in [0, 0.05) is 31.0 Å². The number of halogens is 3. The number of nitrogens with zero attached hydrogens (tertiary/aromatic N) is 4. The van der Waals surface area contributed by atoms with E-state index in [2.05, 4.69) is 4.90 Å². The number of nitrogens with two attached hydrogens (primary N) is 1. The van der Waals surface area contributed by atoms with Gasteiger partial charge in [0.2, 0.25) is 11.8 Å². The highest BCUT2D eigenvalue weighted by molar-refractivity contribution is 5.99. The molecule has 2 amide bonds. The smallest absolute Gasteiger partial charge is 0.372 e. The first-order chi connectivity index (χ1) is 16.5. The second-order valence-electron chi connectivity index (χ2n) is 7.95. The van der Waals surface area contributed by atoms with Crippen molar-refractivity contribution in [3.05, 3.63) is 58.5 Å². The Morgan fingerprint density at radius 3 is 2.03 bits per heavy atom. The maximum Gasteiger partial charge on any atom is 0.416 e. The number of aromatic nitrogens is 2. The topological polar surface area (TPSA) is 93.6 Å². The highest BCUT2D eigenvalue weighted by Gasteiger charge is 2.31. The Kier molecular flexibility index (Phi) is 7.57. The largest absolute Gasteiger partial charge is 0.416 e. The van der Waals surface area contributed by atoms with Crippen molar-refractivity contribution in [2.24, 2.45) is 5.73 Å². The van der Waals surface area contributed by atoms with E-state index in [1.807, 2.05) is 26.0 Å². The van der Waals surface area contributed by atoms with Gasteiger partial charge in [-0.05, 0) is 63.2 Å². The van der Waals surface area contributed by atoms with E-state index >= 15 is 0 Å². The number of rotatable bonds is 9. The summed E-state index contributed by atoms with van der Waals surface area (Å²) in [6, 6.07) is 9.94. The summed E-state index contributed by atoms with van der Waals surface area (Å²) in [5.41, 5.74) is 5.47. The second kappa shape index (κ2) is 10.2. The van der Waals surface area contributed by atoms with Crippen molar-refractivity contribution >= 4 is 34.2 Å². The number of hydrogen-bond donors (Lipinski definition) is 1. The van der Waals surface area contributed by atoms with Crippen LogP contribution in [0.25, 0.3) is 11.0 Å². The molecule has 0 radical (unpaired) electrons. The number of primary amides is 1. The first-order valence-electron chi connectivity index (χ1n) is 11.3. The number of benzene rings is 2. The van der Waals surface area contributed by atoms with Crippen molar-refractivity contribution in [2.75, 3.05) is 29.4 Å². The Morgan fingerprint density at radius 1 is 0.914 bits per heavy atom. The summed E-state index contributed by atoms with van der Waals surface area (Å²) in [6.07, 6.45) is -4.57. The van der Waals surface area contributed by atoms with E-state index in [1.54, 1.807) is 19.1 Å². The van der Waals surface area contributed by atoms with E-state index in [-0.39, 0.29) is 17.6 Å². The van der Waals surface area contributed by atoms with Crippen molar-refractivity contribution in [3.8, 4) is 0 Å². The van der Waals surface area contributed by atoms with E-state index in [9.17, 15) is 27.6 Å². The number of imidazole rings is 1. The van der Waals surface area contributed by atoms with Gasteiger partial charge in [0.25, 0.3) is 0 Å². The van der Waals surface area contributed by atoms with E-state index in [0.717, 1.165) is 35.5 Å². The van der Waals surface area contributed by atoms with E-state index in [0.29, 0.717) is 5.69 Å². The van der Waals surface area contributed by atoms with Crippen molar-refractivity contribution in [3.63, 3.8) is 0 Å². The Hall–Kier alpha value is -3.76. The highest BCUT2D eigenvalue weighted by atomic mass is 19.4. The number of amides is 2. The zero-order chi connectivity index (χ0) is 25.9. The van der Waals surface area contributed by atoms with Crippen molar-refractivity contribution in [1.82, 2.24) is 9.13 Å². The third-order valence-electron chi connectivity index (χ3n) is 5.86. The summed E-state index contributed by atoms with van der Waals surface area (Å²) in [4.78, 5) is 41.2. The van der Waals surface area contributed by atoms with Gasteiger partial charge in [-0.1, -0.05) is 0 Å². The van der Waals surface area contributed by atoms with E-state index in [1.165, 1.54) is 15.5 Å². The molecule has 35 heavy (non-hydrogen) atoms. The van der Waals surface area contributed by atoms with Gasteiger partial charge in [-0.3, -0.25) is 18.7 Å². The summed E-state index contributed by atoms with van der Waals surface area (Å²) in [6.45, 7) is 6.48. The summed E-state index contributed by atoms with van der Waals surface area (Å²) in [7, 11) is 0. The number of alkyl halides is 3. The Bertz CT molecular complexity index is 1270. The van der Waals surface area contributed by atoms with Crippen LogP contribution >= 0.6 is 0 Å². The number of carbonyl (C=O) groups is 2. The molecule has 3 rings (SSSR count). The van der Waals surface area contributed by atoms with Crippen LogP contribution in [0.15, 0.2) is 47.3 Å². The van der Waals surface area contributed by atoms with Gasteiger partial charge in [-0.2, -0.15) is 13.2 Å². The fourth-order valence-electron chi connectivity index (χ4n) is 4.09. The average molecular weight is 492 g/mol. The number of fused-ring (bicyclic) bond motifs is 1. The van der Waals surface area contributed by atoms with Crippen LogP contribution < -0.4 is 21.2 Å². The fourth-order valence-corrected chi connectivity index (χ4v) is 4.09. The maximum absolute atomic E-state index is 13.3. The predicted octanol–water partition coefficient (Wildman–Crippen LogP) is 3.21. The SMILES string of the molecule is CCN(CC)c1ccc(N(CC(N)=O)C(=O)Cn2c(=O)n(CC)c3cc(C(F)(F)F)ccc32)cc1. The van der Waals surface area contributed by atoms with Gasteiger partial charge in [-0.15, -0.1) is 0 Å². The maximum atomic E-state index is 13.3. The second-order valence-corrected chi connectivity index (χ2v) is 7.95. The number of carbonyl (C=O) groups excluding carboxylic acids is 2. The molecule has 0 bridgehead atoms. The van der Waals surface area contributed by atoms with Gasteiger partial charge >= 0.3 is 11.9 Å². The number of aryl methyl sites for hydroxylation is 1. The lowest BCUT2D eigenvalue weighted by molar-refractivity contribution is -0.137. The van der Waals surface area contributed by atoms with E-state index < -0.39 is 42.3 Å². The van der Waals surface area contributed by atoms with Crippen LogP contribution in [0.3, 0.4) is 0 Å². The molecular formula is C24H28F3N5O3. The Morgan fingerprint density at radius 2 is 1.51 bits per heavy atom. The normalized spacial score (nSPS) is 11.6. The first kappa shape index (κ1) is 25.9. The molecule has 2 aromatic carbocycles. The van der Waals surface area contributed by atoms with Gasteiger partial charge in [0.05, 0.1) is 16.6 Å².